The summed E-state index contributed by atoms with van der Waals surface area (Å²) in [5.74, 6) is 2.59. The highest BCUT2D eigenvalue weighted by molar-refractivity contribution is 7.17. The van der Waals surface area contributed by atoms with E-state index in [-0.39, 0.29) is 0 Å². The Morgan fingerprint density at radius 2 is 1.87 bits per heavy atom. The average molecular weight is 526 g/mol. The van der Waals surface area contributed by atoms with Gasteiger partial charge in [-0.25, -0.2) is 9.97 Å². The molecule has 5 nitrogen and oxygen atoms in total. The lowest BCUT2D eigenvalue weighted by Gasteiger charge is -2.27. The van der Waals surface area contributed by atoms with Crippen molar-refractivity contribution in [1.29, 1.82) is 0 Å². The van der Waals surface area contributed by atoms with Crippen molar-refractivity contribution < 1.29 is 0 Å². The zero-order valence-corrected chi connectivity index (χ0v) is 23.7. The number of anilines is 1. The minimum atomic E-state index is 0.520. The molecule has 6 rings (SSSR count). The normalized spacial score (nSPS) is 14.1. The number of para-hydroxylation sites is 1. The summed E-state index contributed by atoms with van der Waals surface area (Å²) in [5, 5.41) is 4.74. The van der Waals surface area contributed by atoms with Crippen LogP contribution in [0.25, 0.3) is 32.0 Å². The van der Waals surface area contributed by atoms with E-state index in [0.29, 0.717) is 11.9 Å². The second kappa shape index (κ2) is 10.7. The Hall–Kier alpha value is -2.96. The second-order valence-electron chi connectivity index (χ2n) is 11.3. The summed E-state index contributed by atoms with van der Waals surface area (Å²) in [6.07, 6.45) is 7.37. The van der Waals surface area contributed by atoms with Gasteiger partial charge in [0.25, 0.3) is 0 Å². The quantitative estimate of drug-likeness (QED) is 0.191. The van der Waals surface area contributed by atoms with Crippen LogP contribution < -0.4 is 5.73 Å². The Bertz CT molecular complexity index is 1580. The number of aryl methyl sites for hydroxylation is 1. The Balaban J connectivity index is 1.40. The molecule has 198 valence electrons. The fraction of sp³-hybridized carbons (Fsp3) is 0.438. The van der Waals surface area contributed by atoms with Gasteiger partial charge in [0, 0.05) is 29.1 Å². The van der Waals surface area contributed by atoms with Crippen LogP contribution in [0.15, 0.2) is 47.8 Å². The van der Waals surface area contributed by atoms with Crippen LogP contribution >= 0.6 is 11.3 Å². The van der Waals surface area contributed by atoms with Crippen LogP contribution in [-0.2, 0) is 19.5 Å². The Kier molecular flexibility index (Phi) is 7.10. The van der Waals surface area contributed by atoms with Gasteiger partial charge in [-0.3, -0.25) is 4.90 Å². The summed E-state index contributed by atoms with van der Waals surface area (Å²) < 4.78 is 3.83. The zero-order chi connectivity index (χ0) is 26.2. The lowest BCUT2D eigenvalue weighted by atomic mass is 10.0. The molecule has 1 fully saturated rings. The van der Waals surface area contributed by atoms with Crippen molar-refractivity contribution in [3.05, 3.63) is 64.8 Å². The smallest absolute Gasteiger partial charge is 0.152 e. The van der Waals surface area contributed by atoms with Gasteiger partial charge >= 0.3 is 0 Å². The van der Waals surface area contributed by atoms with E-state index >= 15 is 0 Å². The first kappa shape index (κ1) is 25.3. The monoisotopic (exact) mass is 525 g/mol. The Morgan fingerprint density at radius 3 is 2.66 bits per heavy atom. The van der Waals surface area contributed by atoms with E-state index in [4.69, 9.17) is 10.7 Å². The fourth-order valence-corrected chi connectivity index (χ4v) is 6.65. The summed E-state index contributed by atoms with van der Waals surface area (Å²) in [6.45, 7) is 9.90. The average Bonchev–Trinajstić information content (AvgIpc) is 3.47. The van der Waals surface area contributed by atoms with Crippen LogP contribution in [0, 0.1) is 5.92 Å². The number of benzene rings is 2. The van der Waals surface area contributed by atoms with Gasteiger partial charge in [0.15, 0.2) is 5.82 Å². The lowest BCUT2D eigenvalue weighted by Crippen LogP contribution is -2.31. The molecule has 3 aromatic heterocycles. The van der Waals surface area contributed by atoms with Crippen LogP contribution in [0.1, 0.15) is 69.8 Å². The maximum atomic E-state index is 6.45. The molecule has 1 saturated carbocycles. The minimum Gasteiger partial charge on any atom is -0.382 e. The number of nitrogen functional groups attached to an aromatic ring is 1. The molecule has 0 aliphatic heterocycles. The van der Waals surface area contributed by atoms with Crippen molar-refractivity contribution in [1.82, 2.24) is 19.4 Å². The molecule has 0 unspecified atom stereocenters. The lowest BCUT2D eigenvalue weighted by molar-refractivity contribution is 0.207. The third kappa shape index (κ3) is 4.92. The van der Waals surface area contributed by atoms with Crippen molar-refractivity contribution in [2.75, 3.05) is 12.3 Å². The highest BCUT2D eigenvalue weighted by atomic mass is 32.1. The standard InChI is InChI=1S/C32H39N5S/c1-4-5-10-28-35-29-30(26-8-6-7-9-27(26)34-32(29)33)37(28)20-23-13-14-24(31-25(23)16-18-38-31)19-36(21(2)3)17-15-22-11-12-22/h6-9,13-14,16,18,21-22H,4-5,10-12,15,17,19-20H2,1-3H3,(H2,33,34). The number of rotatable bonds is 11. The van der Waals surface area contributed by atoms with Gasteiger partial charge in [0.05, 0.1) is 17.6 Å². The van der Waals surface area contributed by atoms with Gasteiger partial charge < -0.3 is 10.3 Å². The van der Waals surface area contributed by atoms with Gasteiger partial charge in [0.1, 0.15) is 11.3 Å². The fourth-order valence-electron chi connectivity index (χ4n) is 5.70. The molecule has 0 saturated heterocycles. The molecule has 0 radical (unpaired) electrons. The van der Waals surface area contributed by atoms with E-state index in [2.05, 4.69) is 70.9 Å². The van der Waals surface area contributed by atoms with Gasteiger partial charge in [-0.2, -0.15) is 0 Å². The van der Waals surface area contributed by atoms with E-state index in [9.17, 15) is 0 Å². The second-order valence-corrected chi connectivity index (χ2v) is 12.2. The van der Waals surface area contributed by atoms with Crippen LogP contribution in [0.4, 0.5) is 5.82 Å². The molecule has 1 aliphatic rings. The number of hydrogen-bond donors (Lipinski definition) is 1. The topological polar surface area (TPSA) is 60.0 Å². The molecule has 38 heavy (non-hydrogen) atoms. The molecule has 6 heteroatoms. The minimum absolute atomic E-state index is 0.520. The number of unbranched alkanes of at least 4 members (excludes halogenated alkanes) is 1. The number of imidazole rings is 1. The SMILES string of the molecule is CCCCc1nc2c(N)nc3ccccc3c2n1Cc1ccc(CN(CCC2CC2)C(C)C)c2sccc12. The van der Waals surface area contributed by atoms with Crippen LogP contribution in [-0.4, -0.2) is 32.0 Å². The first-order valence-electron chi connectivity index (χ1n) is 14.3. The first-order valence-corrected chi connectivity index (χ1v) is 15.2. The van der Waals surface area contributed by atoms with Crippen molar-refractivity contribution in [2.45, 2.75) is 78.4 Å². The molecule has 0 atom stereocenters. The number of nitrogens with zero attached hydrogens (tertiary/aromatic N) is 4. The molecule has 1 aliphatic carbocycles. The van der Waals surface area contributed by atoms with Crippen molar-refractivity contribution >= 4 is 49.2 Å². The van der Waals surface area contributed by atoms with Gasteiger partial charge in [-0.05, 0) is 73.2 Å². The molecular formula is C32H39N5S. The predicted octanol–water partition coefficient (Wildman–Crippen LogP) is 7.78. The number of fused-ring (bicyclic) bond motifs is 4. The predicted molar refractivity (Wildman–Crippen MR) is 162 cm³/mol. The molecule has 2 N–H and O–H groups in total. The summed E-state index contributed by atoms with van der Waals surface area (Å²) >= 11 is 1.88. The highest BCUT2D eigenvalue weighted by Crippen LogP contribution is 2.35. The third-order valence-corrected chi connectivity index (χ3v) is 9.18. The van der Waals surface area contributed by atoms with Crippen LogP contribution in [0.5, 0.6) is 0 Å². The number of aromatic nitrogens is 3. The summed E-state index contributed by atoms with van der Waals surface area (Å²) in [5.41, 5.74) is 12.1. The van der Waals surface area contributed by atoms with Gasteiger partial charge in [-0.1, -0.05) is 56.5 Å². The maximum Gasteiger partial charge on any atom is 0.152 e. The zero-order valence-electron chi connectivity index (χ0n) is 22.9. The van der Waals surface area contributed by atoms with Crippen LogP contribution in [0.2, 0.25) is 0 Å². The number of nitrogens with two attached hydrogens (primary N) is 1. The van der Waals surface area contributed by atoms with Crippen molar-refractivity contribution in [3.8, 4) is 0 Å². The van der Waals surface area contributed by atoms with Crippen LogP contribution in [0.3, 0.4) is 0 Å². The highest BCUT2D eigenvalue weighted by Gasteiger charge is 2.23. The largest absolute Gasteiger partial charge is 0.382 e. The van der Waals surface area contributed by atoms with E-state index in [1.165, 1.54) is 47.0 Å². The van der Waals surface area contributed by atoms with Crippen molar-refractivity contribution in [2.24, 2.45) is 5.92 Å². The third-order valence-electron chi connectivity index (χ3n) is 8.19. The maximum absolute atomic E-state index is 6.45. The summed E-state index contributed by atoms with van der Waals surface area (Å²) in [4.78, 5) is 12.4. The molecular weight excluding hydrogens is 486 g/mol. The molecule has 5 aromatic rings. The molecule has 0 amide bonds. The van der Waals surface area contributed by atoms with E-state index in [0.717, 1.165) is 66.0 Å². The molecule has 3 heterocycles. The Labute approximate surface area is 229 Å². The molecule has 2 aromatic carbocycles. The van der Waals surface area contributed by atoms with E-state index in [1.807, 2.05) is 23.5 Å². The summed E-state index contributed by atoms with van der Waals surface area (Å²) in [7, 11) is 0. The van der Waals surface area contributed by atoms with E-state index < -0.39 is 0 Å². The van der Waals surface area contributed by atoms with Crippen molar-refractivity contribution in [3.63, 3.8) is 0 Å². The number of hydrogen-bond acceptors (Lipinski definition) is 5. The van der Waals surface area contributed by atoms with E-state index in [1.54, 1.807) is 0 Å². The summed E-state index contributed by atoms with van der Waals surface area (Å²) in [6, 6.07) is 15.9. The van der Waals surface area contributed by atoms with Gasteiger partial charge in [0.2, 0.25) is 0 Å². The Morgan fingerprint density at radius 1 is 1.05 bits per heavy atom. The van der Waals surface area contributed by atoms with Gasteiger partial charge in [-0.15, -0.1) is 11.3 Å². The number of thiophene rings is 1. The molecule has 0 spiro atoms. The molecule has 0 bridgehead atoms. The number of pyridine rings is 1. The first-order chi connectivity index (χ1) is 18.5.